The van der Waals surface area contributed by atoms with Crippen LogP contribution in [0.25, 0.3) is 16.7 Å². The number of nitrogen functional groups attached to an aromatic ring is 1. The number of nitriles is 1. The zero-order chi connectivity index (χ0) is 14.3. The molecule has 0 atom stereocenters. The van der Waals surface area contributed by atoms with Crippen LogP contribution in [0.1, 0.15) is 11.1 Å². The highest BCUT2D eigenvalue weighted by Crippen LogP contribution is 2.24. The predicted molar refractivity (Wildman–Crippen MR) is 77.7 cm³/mol. The van der Waals surface area contributed by atoms with Crippen LogP contribution in [0.5, 0.6) is 0 Å². The van der Waals surface area contributed by atoms with E-state index >= 15 is 0 Å². The van der Waals surface area contributed by atoms with Crippen molar-refractivity contribution in [3.8, 4) is 11.9 Å². The van der Waals surface area contributed by atoms with E-state index in [1.807, 2.05) is 31.2 Å². The van der Waals surface area contributed by atoms with Gasteiger partial charge in [0.2, 0.25) is 0 Å². The van der Waals surface area contributed by atoms with Gasteiger partial charge >= 0.3 is 0 Å². The molecule has 20 heavy (non-hydrogen) atoms. The number of halogens is 1. The van der Waals surface area contributed by atoms with E-state index in [9.17, 15) is 0 Å². The molecule has 0 spiro atoms. The van der Waals surface area contributed by atoms with Gasteiger partial charge in [-0.1, -0.05) is 11.6 Å². The summed E-state index contributed by atoms with van der Waals surface area (Å²) in [6, 6.07) is 9.36. The fourth-order valence-electron chi connectivity index (χ4n) is 2.08. The molecule has 2 N–H and O–H groups in total. The topological polar surface area (TPSA) is 80.5 Å². The maximum atomic E-state index is 8.92. The molecule has 0 unspecified atom stereocenters. The average Bonchev–Trinajstić information content (AvgIpc) is 2.80. The first-order chi connectivity index (χ1) is 9.60. The number of fused-ring (bicyclic) bond motifs is 1. The molecule has 0 aliphatic heterocycles. The summed E-state index contributed by atoms with van der Waals surface area (Å²) in [7, 11) is 0. The molecule has 2 heterocycles. The molecule has 6 heteroatoms. The van der Waals surface area contributed by atoms with Crippen molar-refractivity contribution in [1.82, 2.24) is 14.8 Å². The lowest BCUT2D eigenvalue weighted by atomic mass is 10.1. The van der Waals surface area contributed by atoms with Crippen molar-refractivity contribution in [2.45, 2.75) is 6.92 Å². The Labute approximate surface area is 120 Å². The lowest BCUT2D eigenvalue weighted by molar-refractivity contribution is 0.861. The number of pyridine rings is 1. The van der Waals surface area contributed by atoms with Gasteiger partial charge in [-0.2, -0.15) is 15.0 Å². The second-order valence-corrected chi connectivity index (χ2v) is 4.86. The SMILES string of the molecule is Cc1cc(-n2ncc(C#N)c2N)nc2ccc(Cl)cc12. The summed E-state index contributed by atoms with van der Waals surface area (Å²) in [6.45, 7) is 1.97. The number of benzene rings is 1. The van der Waals surface area contributed by atoms with E-state index in [1.165, 1.54) is 10.9 Å². The summed E-state index contributed by atoms with van der Waals surface area (Å²) in [5.74, 6) is 0.865. The molecule has 3 aromatic rings. The van der Waals surface area contributed by atoms with E-state index in [0.717, 1.165) is 16.5 Å². The van der Waals surface area contributed by atoms with Crippen LogP contribution >= 0.6 is 11.6 Å². The Balaban J connectivity index is 2.25. The summed E-state index contributed by atoms with van der Waals surface area (Å²) in [4.78, 5) is 4.51. The second kappa shape index (κ2) is 4.51. The normalized spacial score (nSPS) is 10.7. The zero-order valence-corrected chi connectivity index (χ0v) is 11.4. The fourth-order valence-corrected chi connectivity index (χ4v) is 2.26. The molecule has 0 aliphatic rings. The van der Waals surface area contributed by atoms with Crippen LogP contribution in [0.3, 0.4) is 0 Å². The van der Waals surface area contributed by atoms with Crippen molar-refractivity contribution < 1.29 is 0 Å². The summed E-state index contributed by atoms with van der Waals surface area (Å²) >= 11 is 5.99. The molecule has 5 nitrogen and oxygen atoms in total. The summed E-state index contributed by atoms with van der Waals surface area (Å²) in [6.07, 6.45) is 1.43. The fraction of sp³-hybridized carbons (Fsp3) is 0.0714. The monoisotopic (exact) mass is 283 g/mol. The number of anilines is 1. The highest BCUT2D eigenvalue weighted by molar-refractivity contribution is 6.31. The third kappa shape index (κ3) is 1.87. The quantitative estimate of drug-likeness (QED) is 0.744. The van der Waals surface area contributed by atoms with Crippen LogP contribution in [0.15, 0.2) is 30.5 Å². The predicted octanol–water partition coefficient (Wildman–Crippen LogP) is 2.84. The lowest BCUT2D eigenvalue weighted by Gasteiger charge is -2.08. The summed E-state index contributed by atoms with van der Waals surface area (Å²) in [5.41, 5.74) is 8.03. The van der Waals surface area contributed by atoms with Gasteiger partial charge < -0.3 is 5.73 Å². The maximum absolute atomic E-state index is 8.92. The molecule has 3 rings (SSSR count). The molecule has 0 saturated heterocycles. The number of aryl methyl sites for hydroxylation is 1. The lowest BCUT2D eigenvalue weighted by Crippen LogP contribution is -2.05. The maximum Gasteiger partial charge on any atom is 0.156 e. The number of aromatic nitrogens is 3. The Hall–Kier alpha value is -2.58. The average molecular weight is 284 g/mol. The van der Waals surface area contributed by atoms with Gasteiger partial charge in [0.05, 0.1) is 11.7 Å². The number of rotatable bonds is 1. The van der Waals surface area contributed by atoms with E-state index in [4.69, 9.17) is 22.6 Å². The smallest absolute Gasteiger partial charge is 0.156 e. The third-order valence-corrected chi connectivity index (χ3v) is 3.34. The highest BCUT2D eigenvalue weighted by Gasteiger charge is 2.11. The minimum atomic E-state index is 0.285. The van der Waals surface area contributed by atoms with Crippen LogP contribution in [0.2, 0.25) is 5.02 Å². The zero-order valence-electron chi connectivity index (χ0n) is 10.6. The van der Waals surface area contributed by atoms with Crippen LogP contribution in [0, 0.1) is 18.3 Å². The minimum absolute atomic E-state index is 0.285. The molecule has 1 aromatic carbocycles. The number of nitrogens with zero attached hydrogens (tertiary/aromatic N) is 4. The number of nitrogens with two attached hydrogens (primary N) is 1. The van der Waals surface area contributed by atoms with Gasteiger partial charge in [0.1, 0.15) is 17.5 Å². The van der Waals surface area contributed by atoms with Crippen molar-refractivity contribution in [3.05, 3.63) is 46.6 Å². The molecule has 0 radical (unpaired) electrons. The molecule has 98 valence electrons. The van der Waals surface area contributed by atoms with Gasteiger partial charge in [0, 0.05) is 10.4 Å². The van der Waals surface area contributed by atoms with Gasteiger partial charge in [-0.15, -0.1) is 0 Å². The van der Waals surface area contributed by atoms with Crippen LogP contribution in [0.4, 0.5) is 5.82 Å². The standard InChI is InChI=1S/C14H10ClN5/c1-8-4-13(20-14(17)9(6-16)7-18-20)19-12-3-2-10(15)5-11(8)12/h2-5,7H,17H2,1H3. The first-order valence-electron chi connectivity index (χ1n) is 5.91. The Bertz CT molecular complexity index is 860. The van der Waals surface area contributed by atoms with Crippen LogP contribution in [-0.2, 0) is 0 Å². The van der Waals surface area contributed by atoms with E-state index in [0.29, 0.717) is 16.4 Å². The van der Waals surface area contributed by atoms with Crippen molar-refractivity contribution in [3.63, 3.8) is 0 Å². The Morgan fingerprint density at radius 3 is 2.85 bits per heavy atom. The van der Waals surface area contributed by atoms with Crippen molar-refractivity contribution in [1.29, 1.82) is 5.26 Å². The molecule has 0 fully saturated rings. The molecular formula is C14H10ClN5. The van der Waals surface area contributed by atoms with E-state index in [2.05, 4.69) is 10.1 Å². The van der Waals surface area contributed by atoms with Gasteiger partial charge in [-0.3, -0.25) is 0 Å². The second-order valence-electron chi connectivity index (χ2n) is 4.43. The summed E-state index contributed by atoms with van der Waals surface area (Å²) < 4.78 is 1.46. The molecule has 0 amide bonds. The van der Waals surface area contributed by atoms with Crippen molar-refractivity contribution in [2.24, 2.45) is 0 Å². The van der Waals surface area contributed by atoms with Gasteiger partial charge in [-0.05, 0) is 36.8 Å². The van der Waals surface area contributed by atoms with Gasteiger partial charge in [-0.25, -0.2) is 4.98 Å². The summed E-state index contributed by atoms with van der Waals surface area (Å²) in [5, 5.41) is 14.7. The van der Waals surface area contributed by atoms with Gasteiger partial charge in [0.25, 0.3) is 0 Å². The number of hydrogen-bond acceptors (Lipinski definition) is 4. The molecule has 0 bridgehead atoms. The Morgan fingerprint density at radius 1 is 1.35 bits per heavy atom. The van der Waals surface area contributed by atoms with Crippen LogP contribution < -0.4 is 5.73 Å². The first-order valence-corrected chi connectivity index (χ1v) is 6.29. The Morgan fingerprint density at radius 2 is 2.15 bits per heavy atom. The molecular weight excluding hydrogens is 274 g/mol. The third-order valence-electron chi connectivity index (χ3n) is 3.11. The number of hydrogen-bond donors (Lipinski definition) is 1. The van der Waals surface area contributed by atoms with E-state index < -0.39 is 0 Å². The van der Waals surface area contributed by atoms with Crippen molar-refractivity contribution in [2.75, 3.05) is 5.73 Å². The van der Waals surface area contributed by atoms with Crippen molar-refractivity contribution >= 4 is 28.3 Å². The van der Waals surface area contributed by atoms with Gasteiger partial charge in [0.15, 0.2) is 5.82 Å². The Kier molecular flexibility index (Phi) is 2.81. The largest absolute Gasteiger partial charge is 0.382 e. The molecule has 2 aromatic heterocycles. The first kappa shape index (κ1) is 12.5. The molecule has 0 saturated carbocycles. The van der Waals surface area contributed by atoms with E-state index in [-0.39, 0.29) is 5.82 Å². The minimum Gasteiger partial charge on any atom is -0.382 e. The van der Waals surface area contributed by atoms with Crippen LogP contribution in [-0.4, -0.2) is 14.8 Å². The molecule has 0 aliphatic carbocycles. The van der Waals surface area contributed by atoms with E-state index in [1.54, 1.807) is 6.07 Å². The highest BCUT2D eigenvalue weighted by atomic mass is 35.5.